The summed E-state index contributed by atoms with van der Waals surface area (Å²) in [5, 5.41) is 0. The molecule has 1 heterocycles. The maximum Gasteiger partial charge on any atom is 0.419 e. The Bertz CT molecular complexity index is 444. The summed E-state index contributed by atoms with van der Waals surface area (Å²) in [5.74, 6) is 0.0720. The van der Waals surface area contributed by atoms with Crippen molar-refractivity contribution in [2.75, 3.05) is 13.7 Å². The fourth-order valence-electron chi connectivity index (χ4n) is 1.91. The van der Waals surface area contributed by atoms with Crippen molar-refractivity contribution in [2.45, 2.75) is 54.1 Å². The Hall–Kier alpha value is -1.59. The van der Waals surface area contributed by atoms with E-state index in [1.807, 2.05) is 20.8 Å². The van der Waals surface area contributed by atoms with Crippen LogP contribution < -0.4 is 0 Å². The predicted octanol–water partition coefficient (Wildman–Crippen LogP) is 2.82. The van der Waals surface area contributed by atoms with Gasteiger partial charge in [0.2, 0.25) is 0 Å². The smallest absolute Gasteiger partial charge is 0.419 e. The van der Waals surface area contributed by atoms with Gasteiger partial charge in [-0.1, -0.05) is 20.8 Å². The molecule has 1 aliphatic heterocycles. The van der Waals surface area contributed by atoms with Crippen molar-refractivity contribution in [3.05, 3.63) is 0 Å². The minimum Gasteiger partial charge on any atom is -0.484 e. The third-order valence-electron chi connectivity index (χ3n) is 3.17. The molecule has 0 aliphatic carbocycles. The SMILES string of the molecule is COC1=N[C@H](C(C)(C)C)N(C(=O)OC(=O)C(C)(C)C)CC1. The quantitative estimate of drug-likeness (QED) is 0.509. The summed E-state index contributed by atoms with van der Waals surface area (Å²) in [4.78, 5) is 30.1. The maximum atomic E-state index is 12.3. The number of methoxy groups -OCH3 is 1. The first-order valence-electron chi connectivity index (χ1n) is 7.10. The zero-order valence-corrected chi connectivity index (χ0v) is 14.0. The fourth-order valence-corrected chi connectivity index (χ4v) is 1.91. The summed E-state index contributed by atoms with van der Waals surface area (Å²) in [6, 6.07) is 0. The number of rotatable bonds is 0. The molecule has 0 aromatic heterocycles. The number of ether oxygens (including phenoxy) is 2. The van der Waals surface area contributed by atoms with E-state index in [0.717, 1.165) is 0 Å². The molecule has 0 aromatic carbocycles. The highest BCUT2D eigenvalue weighted by molar-refractivity contribution is 5.88. The summed E-state index contributed by atoms with van der Waals surface area (Å²) in [6.07, 6.45) is -0.544. The first-order valence-corrected chi connectivity index (χ1v) is 7.10. The Balaban J connectivity index is 2.93. The lowest BCUT2D eigenvalue weighted by Crippen LogP contribution is -2.51. The van der Waals surface area contributed by atoms with E-state index in [9.17, 15) is 9.59 Å². The Morgan fingerprint density at radius 3 is 2.19 bits per heavy atom. The zero-order chi connectivity index (χ0) is 16.4. The van der Waals surface area contributed by atoms with Gasteiger partial charge in [-0.15, -0.1) is 0 Å². The highest BCUT2D eigenvalue weighted by Gasteiger charge is 2.39. The molecule has 1 atom stereocenters. The third-order valence-corrected chi connectivity index (χ3v) is 3.17. The minimum absolute atomic E-state index is 0.284. The molecule has 1 rings (SSSR count). The lowest BCUT2D eigenvalue weighted by Gasteiger charge is -2.39. The highest BCUT2D eigenvalue weighted by Crippen LogP contribution is 2.29. The number of esters is 1. The van der Waals surface area contributed by atoms with Crippen LogP contribution in [0.25, 0.3) is 0 Å². The summed E-state index contributed by atoms with van der Waals surface area (Å²) in [6.45, 7) is 11.5. The molecule has 1 amide bonds. The normalized spacial score (nSPS) is 19.9. The molecule has 6 nitrogen and oxygen atoms in total. The van der Waals surface area contributed by atoms with Crippen molar-refractivity contribution in [3.63, 3.8) is 0 Å². The van der Waals surface area contributed by atoms with E-state index in [-0.39, 0.29) is 5.41 Å². The first-order chi connectivity index (χ1) is 9.46. The second-order valence-electron chi connectivity index (χ2n) is 7.32. The highest BCUT2D eigenvalue weighted by atomic mass is 16.6. The van der Waals surface area contributed by atoms with Crippen LogP contribution in [0, 0.1) is 10.8 Å². The van der Waals surface area contributed by atoms with Crippen LogP contribution in [0.3, 0.4) is 0 Å². The fraction of sp³-hybridized carbons (Fsp3) is 0.800. The molecule has 0 unspecified atom stereocenters. The van der Waals surface area contributed by atoms with Crippen LogP contribution in [0.5, 0.6) is 0 Å². The van der Waals surface area contributed by atoms with E-state index >= 15 is 0 Å². The van der Waals surface area contributed by atoms with Crippen LogP contribution in [0.1, 0.15) is 48.0 Å². The van der Waals surface area contributed by atoms with Crippen LogP contribution in [0.4, 0.5) is 4.79 Å². The number of carbonyl (C=O) groups is 2. The van der Waals surface area contributed by atoms with Gasteiger partial charge in [-0.05, 0) is 20.8 Å². The standard InChI is InChI=1S/C15H26N2O4/c1-14(2,3)11-16-10(20-7)8-9-17(11)13(19)21-12(18)15(4,5)6/h11H,8-9H2,1-7H3/t11-/m0/s1. The molecule has 0 radical (unpaired) electrons. The van der Waals surface area contributed by atoms with Gasteiger partial charge in [-0.2, -0.15) is 0 Å². The van der Waals surface area contributed by atoms with E-state index in [0.29, 0.717) is 18.9 Å². The van der Waals surface area contributed by atoms with Crippen molar-refractivity contribution in [3.8, 4) is 0 Å². The Morgan fingerprint density at radius 1 is 1.19 bits per heavy atom. The van der Waals surface area contributed by atoms with Gasteiger partial charge in [0.15, 0.2) is 5.90 Å². The van der Waals surface area contributed by atoms with Gasteiger partial charge in [0.25, 0.3) is 0 Å². The number of hydrogen-bond donors (Lipinski definition) is 0. The minimum atomic E-state index is -0.719. The first kappa shape index (κ1) is 17.5. The molecule has 0 saturated carbocycles. The van der Waals surface area contributed by atoms with E-state index < -0.39 is 23.6 Å². The molecule has 0 aromatic rings. The second-order valence-corrected chi connectivity index (χ2v) is 7.32. The Morgan fingerprint density at radius 2 is 1.76 bits per heavy atom. The average molecular weight is 298 g/mol. The molecule has 0 saturated heterocycles. The molecule has 0 N–H and O–H groups in total. The maximum absolute atomic E-state index is 12.3. The number of carbonyl (C=O) groups excluding carboxylic acids is 2. The van der Waals surface area contributed by atoms with Gasteiger partial charge in [-0.3, -0.25) is 9.69 Å². The van der Waals surface area contributed by atoms with Crippen molar-refractivity contribution in [1.29, 1.82) is 0 Å². The van der Waals surface area contributed by atoms with Gasteiger partial charge < -0.3 is 9.47 Å². The van der Waals surface area contributed by atoms with Gasteiger partial charge >= 0.3 is 12.1 Å². The van der Waals surface area contributed by atoms with Crippen LogP contribution in [-0.4, -0.2) is 42.7 Å². The molecule has 6 heteroatoms. The van der Waals surface area contributed by atoms with Gasteiger partial charge in [0.05, 0.1) is 12.5 Å². The lowest BCUT2D eigenvalue weighted by atomic mass is 9.90. The monoisotopic (exact) mass is 298 g/mol. The van der Waals surface area contributed by atoms with Gasteiger partial charge in [0.1, 0.15) is 6.17 Å². The van der Waals surface area contributed by atoms with E-state index in [1.54, 1.807) is 27.9 Å². The molecule has 0 spiro atoms. The molecule has 120 valence electrons. The van der Waals surface area contributed by atoms with Gasteiger partial charge in [-0.25, -0.2) is 9.79 Å². The number of nitrogens with zero attached hydrogens (tertiary/aromatic N) is 2. The van der Waals surface area contributed by atoms with Crippen LogP contribution in [-0.2, 0) is 14.3 Å². The number of hydrogen-bond acceptors (Lipinski definition) is 5. The third kappa shape index (κ3) is 4.44. The van der Waals surface area contributed by atoms with E-state index in [2.05, 4.69) is 4.99 Å². The van der Waals surface area contributed by atoms with Crippen LogP contribution in [0.2, 0.25) is 0 Å². The molecular formula is C15H26N2O4. The molecular weight excluding hydrogens is 272 g/mol. The molecule has 0 fully saturated rings. The summed E-state index contributed by atoms with van der Waals surface area (Å²) < 4.78 is 10.2. The van der Waals surface area contributed by atoms with Crippen molar-refractivity contribution in [1.82, 2.24) is 4.90 Å². The van der Waals surface area contributed by atoms with E-state index in [1.165, 1.54) is 4.90 Å². The van der Waals surface area contributed by atoms with Gasteiger partial charge in [0, 0.05) is 18.4 Å². The van der Waals surface area contributed by atoms with Crippen molar-refractivity contribution < 1.29 is 19.1 Å². The van der Waals surface area contributed by atoms with E-state index in [4.69, 9.17) is 9.47 Å². The summed E-state index contributed by atoms with van der Waals surface area (Å²) in [5.41, 5.74) is -1.00. The Labute approximate surface area is 126 Å². The average Bonchev–Trinajstić information content (AvgIpc) is 2.35. The number of amides is 1. The van der Waals surface area contributed by atoms with Crippen LogP contribution in [0.15, 0.2) is 4.99 Å². The largest absolute Gasteiger partial charge is 0.484 e. The second kappa shape index (κ2) is 6.03. The summed E-state index contributed by atoms with van der Waals surface area (Å²) >= 11 is 0. The zero-order valence-electron chi connectivity index (χ0n) is 14.0. The lowest BCUT2D eigenvalue weighted by molar-refractivity contribution is -0.147. The Kier molecular flexibility index (Phi) is 5.02. The van der Waals surface area contributed by atoms with Crippen molar-refractivity contribution >= 4 is 18.0 Å². The van der Waals surface area contributed by atoms with Crippen LogP contribution >= 0.6 is 0 Å². The molecule has 21 heavy (non-hydrogen) atoms. The number of aliphatic imine (C=N–C) groups is 1. The van der Waals surface area contributed by atoms with Crippen molar-refractivity contribution in [2.24, 2.45) is 15.8 Å². The molecule has 1 aliphatic rings. The predicted molar refractivity (Wildman–Crippen MR) is 80.0 cm³/mol. The summed E-state index contributed by atoms with van der Waals surface area (Å²) in [7, 11) is 1.57. The topological polar surface area (TPSA) is 68.2 Å². The molecule has 0 bridgehead atoms.